The molecule has 8 heteroatoms. The van der Waals surface area contributed by atoms with Crippen molar-refractivity contribution in [2.75, 3.05) is 17.7 Å². The molecule has 0 saturated carbocycles. The Kier molecular flexibility index (Phi) is 5.70. The van der Waals surface area contributed by atoms with Gasteiger partial charge in [0.05, 0.1) is 35.7 Å². The largest absolute Gasteiger partial charge is 0.361 e. The Morgan fingerprint density at radius 2 is 1.90 bits per heavy atom. The molecule has 4 rings (SSSR count). The maximum Gasteiger partial charge on any atom is 0.266 e. The molecule has 2 aromatic carbocycles. The fourth-order valence-electron chi connectivity index (χ4n) is 3.50. The zero-order valence-electron chi connectivity index (χ0n) is 17.6. The topological polar surface area (TPSA) is 97.1 Å². The summed E-state index contributed by atoms with van der Waals surface area (Å²) in [6, 6.07) is 13.5. The van der Waals surface area contributed by atoms with Gasteiger partial charge in [0.15, 0.2) is 5.82 Å². The lowest BCUT2D eigenvalue weighted by Gasteiger charge is -2.17. The van der Waals surface area contributed by atoms with Gasteiger partial charge in [-0.3, -0.25) is 14.4 Å². The average Bonchev–Trinajstić information content (AvgIpc) is 2.77. The van der Waals surface area contributed by atoms with Gasteiger partial charge in [0.1, 0.15) is 17.8 Å². The van der Waals surface area contributed by atoms with Gasteiger partial charge in [0, 0.05) is 7.05 Å². The number of hydrogen-bond acceptors (Lipinski definition) is 6. The van der Waals surface area contributed by atoms with Crippen LogP contribution in [0.5, 0.6) is 0 Å². The Morgan fingerprint density at radius 3 is 2.71 bits per heavy atom. The van der Waals surface area contributed by atoms with Crippen molar-refractivity contribution in [3.05, 3.63) is 82.3 Å². The summed E-state index contributed by atoms with van der Waals surface area (Å²) >= 11 is 0. The minimum Gasteiger partial charge on any atom is -0.361 e. The molecule has 2 N–H and O–H groups in total. The van der Waals surface area contributed by atoms with E-state index in [2.05, 4.69) is 25.6 Å². The molecule has 8 nitrogen and oxygen atoms in total. The molecule has 4 aromatic rings. The van der Waals surface area contributed by atoms with Crippen molar-refractivity contribution in [3.63, 3.8) is 0 Å². The average molecular weight is 413 g/mol. The van der Waals surface area contributed by atoms with Crippen LogP contribution in [0, 0.1) is 13.8 Å². The second kappa shape index (κ2) is 8.74. The van der Waals surface area contributed by atoms with Gasteiger partial charge in [-0.05, 0) is 37.1 Å². The van der Waals surface area contributed by atoms with Crippen molar-refractivity contribution in [1.29, 1.82) is 0 Å². The number of aromatic nitrogens is 4. The van der Waals surface area contributed by atoms with Crippen molar-refractivity contribution in [1.82, 2.24) is 19.5 Å². The fourth-order valence-corrected chi connectivity index (χ4v) is 3.50. The van der Waals surface area contributed by atoms with Crippen LogP contribution in [0.2, 0.25) is 0 Å². The van der Waals surface area contributed by atoms with Gasteiger partial charge in [-0.2, -0.15) is 0 Å². The van der Waals surface area contributed by atoms with Crippen LogP contribution in [-0.2, 0) is 6.54 Å². The smallest absolute Gasteiger partial charge is 0.266 e. The lowest BCUT2D eigenvalue weighted by molar-refractivity contribution is 0.831. The Bertz CT molecular complexity index is 1330. The van der Waals surface area contributed by atoms with E-state index in [9.17, 15) is 4.79 Å². The number of nitrogens with one attached hydrogen (secondary N) is 2. The van der Waals surface area contributed by atoms with E-state index in [0.29, 0.717) is 34.8 Å². The number of anilines is 2. The maximum absolute atomic E-state index is 13.6. The van der Waals surface area contributed by atoms with Gasteiger partial charge in [-0.15, -0.1) is 0 Å². The molecule has 0 bridgehead atoms. The van der Waals surface area contributed by atoms with Gasteiger partial charge in [0.25, 0.3) is 5.56 Å². The van der Waals surface area contributed by atoms with E-state index in [-0.39, 0.29) is 5.56 Å². The molecule has 0 radical (unpaired) electrons. The lowest BCUT2D eigenvalue weighted by Crippen LogP contribution is -2.26. The highest BCUT2D eigenvalue weighted by Crippen LogP contribution is 2.20. The predicted octanol–water partition coefficient (Wildman–Crippen LogP) is 3.47. The van der Waals surface area contributed by atoms with Crippen LogP contribution in [0.4, 0.5) is 11.5 Å². The minimum atomic E-state index is -0.0895. The molecule has 0 saturated heterocycles. The van der Waals surface area contributed by atoms with E-state index in [4.69, 9.17) is 4.98 Å². The van der Waals surface area contributed by atoms with Crippen molar-refractivity contribution < 1.29 is 0 Å². The number of fused-ring (bicyclic) bond motifs is 1. The zero-order valence-corrected chi connectivity index (χ0v) is 17.6. The molecule has 0 fully saturated rings. The summed E-state index contributed by atoms with van der Waals surface area (Å²) in [5.74, 6) is 1.18. The van der Waals surface area contributed by atoms with E-state index < -0.39 is 0 Å². The third-order valence-corrected chi connectivity index (χ3v) is 5.01. The fraction of sp³-hybridized carbons (Fsp3) is 0.174. The Labute approximate surface area is 179 Å². The second-order valence-corrected chi connectivity index (χ2v) is 7.09. The molecule has 0 aliphatic carbocycles. The summed E-state index contributed by atoms with van der Waals surface area (Å²) in [7, 11) is 1.67. The summed E-state index contributed by atoms with van der Waals surface area (Å²) in [5.41, 5.74) is 3.96. The molecule has 0 spiro atoms. The molecular formula is C23H23N7O. The summed E-state index contributed by atoms with van der Waals surface area (Å²) in [6.45, 7) is 4.21. The normalized spacial score (nSPS) is 11.2. The number of para-hydroxylation sites is 1. The van der Waals surface area contributed by atoms with Gasteiger partial charge >= 0.3 is 0 Å². The Balaban J connectivity index is 1.84. The molecule has 0 atom stereocenters. The standard InChI is InChI=1S/C23H23N7O/c1-15-7-4-5-10-19(15)30-20(29-17-9-6-8-16(2)21(17)23(30)31)12-26-22-18(27-13-24-3)11-25-14-28-22/h4-11,13-14H,12H2,1-3H3,(H,24,27)(H,25,26,28). The van der Waals surface area contributed by atoms with Crippen LogP contribution in [0.3, 0.4) is 0 Å². The third kappa shape index (κ3) is 4.00. The van der Waals surface area contributed by atoms with Gasteiger partial charge in [0.2, 0.25) is 0 Å². The molecule has 0 amide bonds. The van der Waals surface area contributed by atoms with Crippen LogP contribution in [0.25, 0.3) is 16.6 Å². The second-order valence-electron chi connectivity index (χ2n) is 7.09. The third-order valence-electron chi connectivity index (χ3n) is 5.01. The first-order valence-corrected chi connectivity index (χ1v) is 9.88. The number of aryl methyl sites for hydroxylation is 2. The van der Waals surface area contributed by atoms with Crippen molar-refractivity contribution in [3.8, 4) is 5.69 Å². The van der Waals surface area contributed by atoms with Crippen molar-refractivity contribution in [2.24, 2.45) is 4.99 Å². The number of rotatable bonds is 6. The predicted molar refractivity (Wildman–Crippen MR) is 124 cm³/mol. The molecule has 156 valence electrons. The quantitative estimate of drug-likeness (QED) is 0.371. The Morgan fingerprint density at radius 1 is 1.10 bits per heavy atom. The summed E-state index contributed by atoms with van der Waals surface area (Å²) in [5, 5.41) is 6.94. The molecule has 0 aliphatic rings. The van der Waals surface area contributed by atoms with Gasteiger partial charge in [-0.25, -0.2) is 15.0 Å². The summed E-state index contributed by atoms with van der Waals surface area (Å²) in [4.78, 5) is 30.7. The van der Waals surface area contributed by atoms with Gasteiger partial charge < -0.3 is 10.6 Å². The van der Waals surface area contributed by atoms with E-state index in [0.717, 1.165) is 16.8 Å². The zero-order chi connectivity index (χ0) is 21.8. The molecule has 2 aromatic heterocycles. The number of hydrogen-bond donors (Lipinski definition) is 2. The van der Waals surface area contributed by atoms with Crippen molar-refractivity contribution >= 4 is 28.7 Å². The van der Waals surface area contributed by atoms with E-state index >= 15 is 0 Å². The van der Waals surface area contributed by atoms with E-state index in [1.807, 2.05) is 56.3 Å². The first-order chi connectivity index (χ1) is 15.1. The highest BCUT2D eigenvalue weighted by molar-refractivity contribution is 5.82. The van der Waals surface area contributed by atoms with Crippen LogP contribution < -0.4 is 16.2 Å². The SMILES string of the molecule is CN=CNc1cncnc1NCc1nc2cccc(C)c2c(=O)n1-c1ccccc1C. The lowest BCUT2D eigenvalue weighted by atomic mass is 10.1. The highest BCUT2D eigenvalue weighted by atomic mass is 16.1. The number of aliphatic imine (C=N–C) groups is 1. The Hall–Kier alpha value is -4.07. The molecule has 31 heavy (non-hydrogen) atoms. The molecule has 2 heterocycles. The summed E-state index contributed by atoms with van der Waals surface area (Å²) < 4.78 is 1.68. The summed E-state index contributed by atoms with van der Waals surface area (Å²) in [6.07, 6.45) is 4.68. The monoisotopic (exact) mass is 413 g/mol. The van der Waals surface area contributed by atoms with E-state index in [1.54, 1.807) is 24.2 Å². The van der Waals surface area contributed by atoms with E-state index in [1.165, 1.54) is 6.33 Å². The van der Waals surface area contributed by atoms with Crippen LogP contribution in [-0.4, -0.2) is 32.9 Å². The highest BCUT2D eigenvalue weighted by Gasteiger charge is 2.16. The van der Waals surface area contributed by atoms with Crippen molar-refractivity contribution in [2.45, 2.75) is 20.4 Å². The van der Waals surface area contributed by atoms with Gasteiger partial charge in [-0.1, -0.05) is 30.3 Å². The number of nitrogens with zero attached hydrogens (tertiary/aromatic N) is 5. The maximum atomic E-state index is 13.6. The minimum absolute atomic E-state index is 0.0895. The molecule has 0 aliphatic heterocycles. The molecule has 0 unspecified atom stereocenters. The van der Waals surface area contributed by atoms with Crippen LogP contribution in [0.1, 0.15) is 17.0 Å². The van der Waals surface area contributed by atoms with Crippen LogP contribution in [0.15, 0.2) is 64.8 Å². The molecular weight excluding hydrogens is 390 g/mol. The first kappa shape index (κ1) is 20.2. The first-order valence-electron chi connectivity index (χ1n) is 9.88. The van der Waals surface area contributed by atoms with Crippen LogP contribution >= 0.6 is 0 Å². The number of benzene rings is 2.